The molecule has 0 spiro atoms. The summed E-state index contributed by atoms with van der Waals surface area (Å²) in [4.78, 5) is 13.9. The maximum absolute atomic E-state index is 13.8. The summed E-state index contributed by atoms with van der Waals surface area (Å²) < 4.78 is 47.1. The number of carboxylic acids is 1. The van der Waals surface area contributed by atoms with Gasteiger partial charge in [0.1, 0.15) is 12.4 Å². The number of aromatic amines is 1. The van der Waals surface area contributed by atoms with Gasteiger partial charge in [-0.3, -0.25) is 4.79 Å². The molecule has 1 heterocycles. The van der Waals surface area contributed by atoms with E-state index in [0.717, 1.165) is 48.7 Å². The number of aryl methyl sites for hydroxylation is 1. The summed E-state index contributed by atoms with van der Waals surface area (Å²) in [6.07, 6.45) is 0.713. The van der Waals surface area contributed by atoms with Crippen LogP contribution in [0, 0.1) is 0 Å². The number of aliphatic carboxylic acids is 1. The molecular weight excluding hydrogens is 419 g/mol. The van der Waals surface area contributed by atoms with E-state index < -0.39 is 17.7 Å². The van der Waals surface area contributed by atoms with E-state index in [1.165, 1.54) is 6.07 Å². The number of halogens is 3. The van der Waals surface area contributed by atoms with Crippen LogP contribution in [-0.2, 0) is 24.0 Å². The van der Waals surface area contributed by atoms with Gasteiger partial charge in [-0.15, -0.1) is 0 Å². The lowest BCUT2D eigenvalue weighted by molar-refractivity contribution is -0.139. The summed E-state index contributed by atoms with van der Waals surface area (Å²) in [5.41, 5.74) is 2.01. The van der Waals surface area contributed by atoms with Crippen molar-refractivity contribution < 1.29 is 27.8 Å². The van der Waals surface area contributed by atoms with Crippen molar-refractivity contribution in [3.05, 3.63) is 64.8 Å². The van der Waals surface area contributed by atoms with Crippen LogP contribution in [0.5, 0.6) is 5.75 Å². The van der Waals surface area contributed by atoms with Gasteiger partial charge in [-0.1, -0.05) is 31.4 Å². The Balaban J connectivity index is 1.49. The van der Waals surface area contributed by atoms with E-state index in [2.05, 4.69) is 4.98 Å². The van der Waals surface area contributed by atoms with Gasteiger partial charge in [0.2, 0.25) is 0 Å². The minimum absolute atomic E-state index is 0.0262. The SMILES string of the molecule is O=C(O)CCc1cc2cc(OCc3ccc(C4CCCCC4)c(C(F)(F)F)c3)ccc2[nH]1. The van der Waals surface area contributed by atoms with Crippen LogP contribution >= 0.6 is 0 Å². The molecule has 0 bridgehead atoms. The number of carbonyl (C=O) groups is 1. The lowest BCUT2D eigenvalue weighted by Gasteiger charge is -2.25. The van der Waals surface area contributed by atoms with Gasteiger partial charge in [-0.25, -0.2) is 0 Å². The van der Waals surface area contributed by atoms with Crippen LogP contribution < -0.4 is 4.74 Å². The Bertz CT molecular complexity index is 1100. The molecule has 4 rings (SSSR count). The third-order valence-corrected chi connectivity index (χ3v) is 6.13. The molecule has 2 aromatic carbocycles. The van der Waals surface area contributed by atoms with Gasteiger partial charge >= 0.3 is 12.1 Å². The van der Waals surface area contributed by atoms with Crippen LogP contribution in [0.15, 0.2) is 42.5 Å². The summed E-state index contributed by atoms with van der Waals surface area (Å²) >= 11 is 0. The zero-order valence-corrected chi connectivity index (χ0v) is 17.7. The molecule has 1 aliphatic rings. The topological polar surface area (TPSA) is 62.3 Å². The normalized spacial score (nSPS) is 15.2. The molecule has 1 fully saturated rings. The molecule has 0 radical (unpaired) electrons. The number of rotatable bonds is 7. The predicted molar refractivity (Wildman–Crippen MR) is 116 cm³/mol. The zero-order valence-electron chi connectivity index (χ0n) is 17.7. The fourth-order valence-corrected chi connectivity index (χ4v) is 4.51. The summed E-state index contributed by atoms with van der Waals surface area (Å²) in [5.74, 6) is -0.340. The molecule has 0 atom stereocenters. The number of fused-ring (bicyclic) bond motifs is 1. The fraction of sp³-hybridized carbons (Fsp3) is 0.400. The van der Waals surface area contributed by atoms with Gasteiger partial charge in [-0.2, -0.15) is 13.2 Å². The Labute approximate surface area is 184 Å². The third-order valence-electron chi connectivity index (χ3n) is 6.13. The first-order valence-corrected chi connectivity index (χ1v) is 11.0. The number of H-pyrrole nitrogens is 1. The van der Waals surface area contributed by atoms with Gasteiger partial charge < -0.3 is 14.8 Å². The molecule has 1 aliphatic carbocycles. The van der Waals surface area contributed by atoms with Crippen molar-refractivity contribution in [3.8, 4) is 5.75 Å². The first kappa shape index (κ1) is 22.2. The number of hydrogen-bond donors (Lipinski definition) is 2. The molecule has 4 nitrogen and oxygen atoms in total. The fourth-order valence-electron chi connectivity index (χ4n) is 4.51. The van der Waals surface area contributed by atoms with Crippen molar-refractivity contribution in [1.82, 2.24) is 4.98 Å². The molecule has 0 saturated heterocycles. The van der Waals surface area contributed by atoms with Gasteiger partial charge in [0.15, 0.2) is 0 Å². The second-order valence-corrected chi connectivity index (χ2v) is 8.48. The monoisotopic (exact) mass is 445 g/mol. The van der Waals surface area contributed by atoms with E-state index >= 15 is 0 Å². The Hall–Kier alpha value is -2.96. The number of carboxylic acid groups (broad SMARTS) is 1. The minimum atomic E-state index is -4.39. The quantitative estimate of drug-likeness (QED) is 0.419. The summed E-state index contributed by atoms with van der Waals surface area (Å²) in [7, 11) is 0. The number of ether oxygens (including phenoxy) is 1. The van der Waals surface area contributed by atoms with Gasteiger partial charge in [0.05, 0.1) is 12.0 Å². The van der Waals surface area contributed by atoms with Crippen molar-refractivity contribution in [1.29, 1.82) is 0 Å². The largest absolute Gasteiger partial charge is 0.489 e. The van der Waals surface area contributed by atoms with E-state index in [9.17, 15) is 18.0 Å². The van der Waals surface area contributed by atoms with Crippen LogP contribution in [0.25, 0.3) is 10.9 Å². The van der Waals surface area contributed by atoms with Crippen LogP contribution in [0.1, 0.15) is 66.8 Å². The molecular formula is C25H26F3NO3. The molecule has 7 heteroatoms. The predicted octanol–water partition coefficient (Wildman–Crippen LogP) is 6.83. The number of nitrogens with one attached hydrogen (secondary N) is 1. The maximum atomic E-state index is 13.8. The molecule has 2 N–H and O–H groups in total. The first-order chi connectivity index (χ1) is 15.3. The van der Waals surface area contributed by atoms with Gasteiger partial charge in [-0.05, 0) is 66.6 Å². The number of aromatic nitrogens is 1. The van der Waals surface area contributed by atoms with Crippen molar-refractivity contribution in [2.75, 3.05) is 0 Å². The molecule has 1 saturated carbocycles. The lowest BCUT2D eigenvalue weighted by Crippen LogP contribution is -2.15. The van der Waals surface area contributed by atoms with Gasteiger partial charge in [0, 0.05) is 16.6 Å². The Morgan fingerprint density at radius 3 is 2.56 bits per heavy atom. The van der Waals surface area contributed by atoms with E-state index in [1.807, 2.05) is 12.1 Å². The van der Waals surface area contributed by atoms with Crippen LogP contribution in [0.4, 0.5) is 13.2 Å². The van der Waals surface area contributed by atoms with E-state index in [4.69, 9.17) is 9.84 Å². The minimum Gasteiger partial charge on any atom is -0.489 e. The smallest absolute Gasteiger partial charge is 0.416 e. The maximum Gasteiger partial charge on any atom is 0.416 e. The van der Waals surface area contributed by atoms with Gasteiger partial charge in [0.25, 0.3) is 0 Å². The van der Waals surface area contributed by atoms with Crippen molar-refractivity contribution in [3.63, 3.8) is 0 Å². The molecule has 170 valence electrons. The molecule has 0 aliphatic heterocycles. The van der Waals surface area contributed by atoms with E-state index in [0.29, 0.717) is 23.3 Å². The summed E-state index contributed by atoms with van der Waals surface area (Å²) in [6, 6.07) is 11.8. The number of benzene rings is 2. The summed E-state index contributed by atoms with van der Waals surface area (Å²) in [6.45, 7) is 0.0375. The highest BCUT2D eigenvalue weighted by Gasteiger charge is 2.35. The van der Waals surface area contributed by atoms with E-state index in [-0.39, 0.29) is 18.9 Å². The second-order valence-electron chi connectivity index (χ2n) is 8.48. The van der Waals surface area contributed by atoms with Crippen molar-refractivity contribution in [2.45, 2.75) is 63.6 Å². The zero-order chi connectivity index (χ0) is 22.7. The Kier molecular flexibility index (Phi) is 6.44. The second kappa shape index (κ2) is 9.27. The third kappa shape index (κ3) is 5.26. The van der Waals surface area contributed by atoms with Crippen molar-refractivity contribution >= 4 is 16.9 Å². The highest BCUT2D eigenvalue weighted by Crippen LogP contribution is 2.41. The Morgan fingerprint density at radius 2 is 1.84 bits per heavy atom. The molecule has 3 aromatic rings. The molecule has 0 amide bonds. The standard InChI is InChI=1S/C25H26F3NO3/c26-25(27,28)22-12-16(6-9-21(22)17-4-2-1-3-5-17)15-32-20-8-10-23-18(14-20)13-19(29-23)7-11-24(30)31/h6,8-10,12-14,17,29H,1-5,7,11,15H2,(H,30,31). The Morgan fingerprint density at radius 1 is 1.06 bits per heavy atom. The highest BCUT2D eigenvalue weighted by atomic mass is 19.4. The molecule has 32 heavy (non-hydrogen) atoms. The van der Waals surface area contributed by atoms with E-state index in [1.54, 1.807) is 24.3 Å². The molecule has 0 unspecified atom stereocenters. The van der Waals surface area contributed by atoms with Crippen molar-refractivity contribution in [2.24, 2.45) is 0 Å². The first-order valence-electron chi connectivity index (χ1n) is 11.0. The highest BCUT2D eigenvalue weighted by molar-refractivity contribution is 5.82. The van der Waals surface area contributed by atoms with Crippen LogP contribution in [-0.4, -0.2) is 16.1 Å². The average molecular weight is 445 g/mol. The lowest BCUT2D eigenvalue weighted by atomic mass is 9.81. The van der Waals surface area contributed by atoms with Crippen LogP contribution in [0.2, 0.25) is 0 Å². The summed E-state index contributed by atoms with van der Waals surface area (Å²) in [5, 5.41) is 9.70. The number of hydrogen-bond acceptors (Lipinski definition) is 2. The number of alkyl halides is 3. The average Bonchev–Trinajstić information content (AvgIpc) is 3.18. The van der Waals surface area contributed by atoms with Crippen LogP contribution in [0.3, 0.4) is 0 Å². The molecule has 1 aromatic heterocycles.